The molecule has 18 heavy (non-hydrogen) atoms. The molecule has 0 saturated carbocycles. The lowest BCUT2D eigenvalue weighted by atomic mass is 10.1. The highest BCUT2D eigenvalue weighted by molar-refractivity contribution is 7.12. The summed E-state index contributed by atoms with van der Waals surface area (Å²) in [4.78, 5) is 2.56. The van der Waals surface area contributed by atoms with Gasteiger partial charge in [0.05, 0.1) is 0 Å². The lowest BCUT2D eigenvalue weighted by Crippen LogP contribution is -2.12. The summed E-state index contributed by atoms with van der Waals surface area (Å²) in [5.41, 5.74) is 7.23. The molecule has 1 unspecified atom stereocenters. The molecule has 0 bridgehead atoms. The molecule has 1 nitrogen and oxygen atoms in total. The van der Waals surface area contributed by atoms with Crippen LogP contribution in [0, 0.1) is 0 Å². The minimum Gasteiger partial charge on any atom is -0.323 e. The zero-order valence-electron chi connectivity index (χ0n) is 10.1. The second-order valence-corrected chi connectivity index (χ2v) is 6.25. The van der Waals surface area contributed by atoms with Crippen LogP contribution in [0.25, 0.3) is 0 Å². The van der Waals surface area contributed by atoms with Crippen LogP contribution in [-0.2, 0) is 12.8 Å². The fraction of sp³-hybridized carbons (Fsp3) is 0.286. The van der Waals surface area contributed by atoms with Gasteiger partial charge in [-0.05, 0) is 48.7 Å². The molecule has 2 aromatic rings. The Balaban J connectivity index is 2.15. The van der Waals surface area contributed by atoms with Crippen molar-refractivity contribution in [2.75, 3.05) is 0 Å². The van der Waals surface area contributed by atoms with Crippen LogP contribution < -0.4 is 5.73 Å². The largest absolute Gasteiger partial charge is 0.323 e. The molecule has 96 valence electrons. The van der Waals surface area contributed by atoms with Crippen molar-refractivity contribution >= 4 is 34.5 Å². The van der Waals surface area contributed by atoms with Crippen molar-refractivity contribution in [3.63, 3.8) is 0 Å². The molecule has 2 rings (SSSR count). The number of halogens is 2. The van der Waals surface area contributed by atoms with Gasteiger partial charge in [0, 0.05) is 25.8 Å². The molecular formula is C14H15Cl2NS. The van der Waals surface area contributed by atoms with Crippen molar-refractivity contribution in [1.82, 2.24) is 0 Å². The lowest BCUT2D eigenvalue weighted by molar-refractivity contribution is 0.737. The summed E-state index contributed by atoms with van der Waals surface area (Å²) in [6.07, 6.45) is 1.76. The number of rotatable bonds is 4. The topological polar surface area (TPSA) is 26.0 Å². The van der Waals surface area contributed by atoms with Crippen molar-refractivity contribution < 1.29 is 0 Å². The first kappa shape index (κ1) is 13.9. The predicted molar refractivity (Wildman–Crippen MR) is 80.8 cm³/mol. The van der Waals surface area contributed by atoms with Gasteiger partial charge in [-0.1, -0.05) is 30.1 Å². The maximum Gasteiger partial charge on any atom is 0.0439 e. The fourth-order valence-corrected chi connectivity index (χ4v) is 3.16. The molecule has 0 fully saturated rings. The van der Waals surface area contributed by atoms with Crippen molar-refractivity contribution in [2.45, 2.75) is 25.8 Å². The second-order valence-electron chi connectivity index (χ2n) is 4.20. The monoisotopic (exact) mass is 299 g/mol. The number of hydrogen-bond donors (Lipinski definition) is 1. The van der Waals surface area contributed by atoms with Crippen molar-refractivity contribution in [3.8, 4) is 0 Å². The van der Waals surface area contributed by atoms with Crippen LogP contribution >= 0.6 is 34.5 Å². The van der Waals surface area contributed by atoms with Crippen molar-refractivity contribution in [1.29, 1.82) is 0 Å². The van der Waals surface area contributed by atoms with Gasteiger partial charge in [0.15, 0.2) is 0 Å². The SMILES string of the molecule is CCc1ccc(C(N)Cc2cc(Cl)ccc2Cl)s1. The number of aryl methyl sites for hydroxylation is 1. The van der Waals surface area contributed by atoms with Crippen LogP contribution in [-0.4, -0.2) is 0 Å². The van der Waals surface area contributed by atoms with E-state index in [-0.39, 0.29) is 6.04 Å². The molecule has 1 heterocycles. The van der Waals surface area contributed by atoms with Gasteiger partial charge >= 0.3 is 0 Å². The summed E-state index contributed by atoms with van der Waals surface area (Å²) in [6, 6.07) is 9.72. The van der Waals surface area contributed by atoms with Crippen molar-refractivity contribution in [3.05, 3.63) is 55.7 Å². The average Bonchev–Trinajstić information content (AvgIpc) is 2.82. The molecule has 0 aliphatic rings. The Hall–Kier alpha value is -0.540. The van der Waals surface area contributed by atoms with Gasteiger partial charge in [0.1, 0.15) is 0 Å². The summed E-state index contributed by atoms with van der Waals surface area (Å²) >= 11 is 13.9. The van der Waals surface area contributed by atoms with Crippen LogP contribution in [0.5, 0.6) is 0 Å². The zero-order valence-corrected chi connectivity index (χ0v) is 12.4. The van der Waals surface area contributed by atoms with Gasteiger partial charge < -0.3 is 5.73 Å². The predicted octanol–water partition coefficient (Wildman–Crippen LogP) is 4.86. The number of nitrogens with two attached hydrogens (primary N) is 1. The van der Waals surface area contributed by atoms with Gasteiger partial charge in [0.2, 0.25) is 0 Å². The van der Waals surface area contributed by atoms with Crippen LogP contribution in [0.3, 0.4) is 0 Å². The van der Waals surface area contributed by atoms with Gasteiger partial charge in [-0.2, -0.15) is 0 Å². The Morgan fingerprint density at radius 3 is 2.67 bits per heavy atom. The van der Waals surface area contributed by atoms with E-state index >= 15 is 0 Å². The normalized spacial score (nSPS) is 12.7. The average molecular weight is 300 g/mol. The highest BCUT2D eigenvalue weighted by Crippen LogP contribution is 2.28. The van der Waals surface area contributed by atoms with Crippen LogP contribution in [0.2, 0.25) is 10.0 Å². The second kappa shape index (κ2) is 6.07. The molecule has 2 N–H and O–H groups in total. The van der Waals surface area contributed by atoms with E-state index < -0.39 is 0 Å². The van der Waals surface area contributed by atoms with Crippen LogP contribution in [0.1, 0.15) is 28.3 Å². The molecule has 1 aromatic heterocycles. The van der Waals surface area contributed by atoms with Crippen molar-refractivity contribution in [2.24, 2.45) is 5.73 Å². The molecule has 0 aliphatic carbocycles. The van der Waals surface area contributed by atoms with E-state index in [1.165, 1.54) is 9.75 Å². The lowest BCUT2D eigenvalue weighted by Gasteiger charge is -2.11. The van der Waals surface area contributed by atoms with E-state index in [4.69, 9.17) is 28.9 Å². The smallest absolute Gasteiger partial charge is 0.0439 e. The summed E-state index contributed by atoms with van der Waals surface area (Å²) in [6.45, 7) is 2.15. The molecule has 0 aliphatic heterocycles. The third-order valence-corrected chi connectivity index (χ3v) is 4.81. The molecule has 1 atom stereocenters. The number of thiophene rings is 1. The summed E-state index contributed by atoms with van der Waals surface area (Å²) in [5.74, 6) is 0. The Bertz CT molecular complexity index is 536. The minimum absolute atomic E-state index is 0.0220. The molecular weight excluding hydrogens is 285 g/mol. The summed E-state index contributed by atoms with van der Waals surface area (Å²) in [7, 11) is 0. The van der Waals surface area contributed by atoms with Crippen LogP contribution in [0.4, 0.5) is 0 Å². The first-order valence-electron chi connectivity index (χ1n) is 5.88. The molecule has 0 spiro atoms. The molecule has 0 saturated heterocycles. The molecule has 4 heteroatoms. The van der Waals surface area contributed by atoms with Gasteiger partial charge in [-0.3, -0.25) is 0 Å². The van der Waals surface area contributed by atoms with E-state index in [0.29, 0.717) is 11.4 Å². The zero-order chi connectivity index (χ0) is 13.1. The van der Waals surface area contributed by atoms with Crippen LogP contribution in [0.15, 0.2) is 30.3 Å². The van der Waals surface area contributed by atoms with Gasteiger partial charge in [-0.25, -0.2) is 0 Å². The Morgan fingerprint density at radius 1 is 1.22 bits per heavy atom. The van der Waals surface area contributed by atoms with E-state index in [2.05, 4.69) is 19.1 Å². The maximum atomic E-state index is 6.22. The number of hydrogen-bond acceptors (Lipinski definition) is 2. The third kappa shape index (κ3) is 3.27. The van der Waals surface area contributed by atoms with E-state index in [1.54, 1.807) is 17.4 Å². The van der Waals surface area contributed by atoms with E-state index in [0.717, 1.165) is 17.0 Å². The first-order chi connectivity index (χ1) is 8.60. The van der Waals surface area contributed by atoms with Gasteiger partial charge in [-0.15, -0.1) is 11.3 Å². The van der Waals surface area contributed by atoms with E-state index in [1.807, 2.05) is 12.1 Å². The number of benzene rings is 1. The fourth-order valence-electron chi connectivity index (χ4n) is 1.82. The summed E-state index contributed by atoms with van der Waals surface area (Å²) < 4.78 is 0. The quantitative estimate of drug-likeness (QED) is 0.857. The van der Waals surface area contributed by atoms with Gasteiger partial charge in [0.25, 0.3) is 0 Å². The third-order valence-electron chi connectivity index (χ3n) is 2.84. The first-order valence-corrected chi connectivity index (χ1v) is 7.45. The maximum absolute atomic E-state index is 6.22. The molecule has 0 radical (unpaired) electrons. The minimum atomic E-state index is -0.0220. The Labute approximate surface area is 122 Å². The van der Waals surface area contributed by atoms with E-state index in [9.17, 15) is 0 Å². The summed E-state index contributed by atoms with van der Waals surface area (Å²) in [5, 5.41) is 1.42. The standard InChI is InChI=1S/C14H15Cl2NS/c1-2-11-4-6-14(18-11)13(17)8-9-7-10(15)3-5-12(9)16/h3-7,13H,2,8,17H2,1H3. The Kier molecular flexibility index (Phi) is 4.68. The molecule has 0 amide bonds. The molecule has 1 aromatic carbocycles. The highest BCUT2D eigenvalue weighted by Gasteiger charge is 2.12. The Morgan fingerprint density at radius 2 is 2.00 bits per heavy atom. The highest BCUT2D eigenvalue weighted by atomic mass is 35.5.